The number of fused-ring (bicyclic) bond motifs is 1. The molecule has 0 radical (unpaired) electrons. The van der Waals surface area contributed by atoms with Gasteiger partial charge in [-0.15, -0.1) is 0 Å². The van der Waals surface area contributed by atoms with Crippen molar-refractivity contribution in [2.24, 2.45) is 7.05 Å². The number of nitrogens with two attached hydrogens (primary N) is 1. The molecule has 14 heavy (non-hydrogen) atoms. The van der Waals surface area contributed by atoms with Gasteiger partial charge in [0.25, 0.3) is 0 Å². The maximum Gasteiger partial charge on any atom is 0.223 e. The molecule has 0 bridgehead atoms. The molecule has 2 heterocycles. The van der Waals surface area contributed by atoms with Crippen LogP contribution in [0.3, 0.4) is 0 Å². The number of aliphatic hydroxyl groups excluding tert-OH is 1. The number of hydrogen-bond acceptors (Lipinski definition) is 5. The zero-order valence-corrected chi connectivity index (χ0v) is 8.15. The molecule has 74 valence electrons. The molecule has 2 aromatic rings. The first-order chi connectivity index (χ1) is 6.63. The molecule has 0 aliphatic carbocycles. The highest BCUT2D eigenvalue weighted by atomic mass is 35.5. The summed E-state index contributed by atoms with van der Waals surface area (Å²) in [5.41, 5.74) is 6.41. The molecule has 0 saturated heterocycles. The van der Waals surface area contributed by atoms with E-state index in [1.807, 2.05) is 0 Å². The molecule has 0 spiro atoms. The smallest absolute Gasteiger partial charge is 0.223 e. The largest absolute Gasteiger partial charge is 0.388 e. The summed E-state index contributed by atoms with van der Waals surface area (Å²) in [5, 5.41) is 9.17. The minimum atomic E-state index is -0.177. The fourth-order valence-electron chi connectivity index (χ4n) is 1.23. The molecule has 0 fully saturated rings. The lowest BCUT2D eigenvalue weighted by atomic mass is 10.5. The Morgan fingerprint density at radius 3 is 2.79 bits per heavy atom. The first-order valence-electron chi connectivity index (χ1n) is 3.88. The minimum Gasteiger partial charge on any atom is -0.388 e. The van der Waals surface area contributed by atoms with Gasteiger partial charge in [-0.25, -0.2) is 4.98 Å². The van der Waals surface area contributed by atoms with Crippen molar-refractivity contribution in [2.75, 3.05) is 5.73 Å². The Hall–Kier alpha value is -1.40. The topological polar surface area (TPSA) is 89.8 Å². The Morgan fingerprint density at radius 2 is 2.14 bits per heavy atom. The van der Waals surface area contributed by atoms with Gasteiger partial charge in [-0.2, -0.15) is 9.97 Å². The first kappa shape index (κ1) is 9.17. The van der Waals surface area contributed by atoms with E-state index in [0.29, 0.717) is 17.0 Å². The fraction of sp³-hybridized carbons (Fsp3) is 0.286. The van der Waals surface area contributed by atoms with Crippen molar-refractivity contribution in [1.82, 2.24) is 19.5 Å². The molecule has 0 aliphatic rings. The van der Waals surface area contributed by atoms with Gasteiger partial charge in [-0.1, -0.05) is 11.6 Å². The summed E-state index contributed by atoms with van der Waals surface area (Å²) in [7, 11) is 1.73. The molecule has 2 aromatic heterocycles. The van der Waals surface area contributed by atoms with Crippen LogP contribution < -0.4 is 5.73 Å². The standard InChI is InChI=1S/C7H8ClN5O/c1-13-3(2-14)10-4-5(8)11-7(9)12-6(4)13/h14H,2H2,1H3,(H2,9,11,12). The van der Waals surface area contributed by atoms with Crippen LogP contribution in [0.1, 0.15) is 5.82 Å². The van der Waals surface area contributed by atoms with E-state index >= 15 is 0 Å². The number of aliphatic hydroxyl groups is 1. The number of imidazole rings is 1. The summed E-state index contributed by atoms with van der Waals surface area (Å²) in [6.45, 7) is -0.177. The third kappa shape index (κ3) is 1.19. The van der Waals surface area contributed by atoms with E-state index in [-0.39, 0.29) is 17.7 Å². The Labute approximate surface area is 84.4 Å². The van der Waals surface area contributed by atoms with E-state index in [1.165, 1.54) is 0 Å². The molecule has 0 saturated carbocycles. The van der Waals surface area contributed by atoms with Crippen LogP contribution in [-0.2, 0) is 13.7 Å². The second-order valence-electron chi connectivity index (χ2n) is 2.79. The van der Waals surface area contributed by atoms with E-state index in [9.17, 15) is 0 Å². The number of hydrogen-bond donors (Lipinski definition) is 2. The van der Waals surface area contributed by atoms with Crippen molar-refractivity contribution in [3.8, 4) is 0 Å². The molecule has 0 atom stereocenters. The van der Waals surface area contributed by atoms with Crippen molar-refractivity contribution in [3.05, 3.63) is 11.0 Å². The van der Waals surface area contributed by atoms with E-state index in [1.54, 1.807) is 11.6 Å². The minimum absolute atomic E-state index is 0.0926. The predicted octanol–water partition coefficient (Wildman–Crippen LogP) is 0.0912. The molecular weight excluding hydrogens is 206 g/mol. The van der Waals surface area contributed by atoms with Crippen molar-refractivity contribution in [1.29, 1.82) is 0 Å². The number of rotatable bonds is 1. The Kier molecular flexibility index (Phi) is 2.01. The van der Waals surface area contributed by atoms with E-state index < -0.39 is 0 Å². The molecule has 3 N–H and O–H groups in total. The van der Waals surface area contributed by atoms with E-state index in [0.717, 1.165) is 0 Å². The zero-order valence-electron chi connectivity index (χ0n) is 7.40. The Bertz CT molecular complexity index is 494. The van der Waals surface area contributed by atoms with Crippen LogP contribution in [0.25, 0.3) is 11.2 Å². The highest BCUT2D eigenvalue weighted by Crippen LogP contribution is 2.20. The average molecular weight is 214 g/mol. The van der Waals surface area contributed by atoms with Gasteiger partial charge in [0.2, 0.25) is 5.95 Å². The molecule has 0 amide bonds. The van der Waals surface area contributed by atoms with Crippen molar-refractivity contribution in [2.45, 2.75) is 6.61 Å². The highest BCUT2D eigenvalue weighted by molar-refractivity contribution is 6.33. The van der Waals surface area contributed by atoms with Crippen LogP contribution in [0.2, 0.25) is 5.15 Å². The van der Waals surface area contributed by atoms with Crippen LogP contribution >= 0.6 is 11.6 Å². The summed E-state index contributed by atoms with van der Waals surface area (Å²) in [5.74, 6) is 0.566. The van der Waals surface area contributed by atoms with Crippen LogP contribution in [0.4, 0.5) is 5.95 Å². The second kappa shape index (κ2) is 3.07. The average Bonchev–Trinajstić information content (AvgIpc) is 2.44. The van der Waals surface area contributed by atoms with Crippen LogP contribution in [-0.4, -0.2) is 24.6 Å². The SMILES string of the molecule is Cn1c(CO)nc2c(Cl)nc(N)nc21. The molecular formula is C7H8ClN5O. The van der Waals surface area contributed by atoms with Gasteiger partial charge < -0.3 is 15.4 Å². The Morgan fingerprint density at radius 1 is 1.43 bits per heavy atom. The highest BCUT2D eigenvalue weighted by Gasteiger charge is 2.12. The summed E-state index contributed by atoms with van der Waals surface area (Å²) in [6.07, 6.45) is 0. The van der Waals surface area contributed by atoms with Crippen LogP contribution in [0.15, 0.2) is 0 Å². The van der Waals surface area contributed by atoms with E-state index in [4.69, 9.17) is 22.4 Å². The lowest BCUT2D eigenvalue weighted by Gasteiger charge is -1.97. The lowest BCUT2D eigenvalue weighted by molar-refractivity contribution is 0.268. The lowest BCUT2D eigenvalue weighted by Crippen LogP contribution is -2.00. The van der Waals surface area contributed by atoms with Crippen molar-refractivity contribution < 1.29 is 5.11 Å². The summed E-state index contributed by atoms with van der Waals surface area (Å²) < 4.78 is 1.62. The van der Waals surface area contributed by atoms with Gasteiger partial charge in [-0.05, 0) is 0 Å². The third-order valence-corrected chi connectivity index (χ3v) is 2.19. The second-order valence-corrected chi connectivity index (χ2v) is 3.15. The quantitative estimate of drug-likeness (QED) is 0.656. The van der Waals surface area contributed by atoms with Gasteiger partial charge in [-0.3, -0.25) is 0 Å². The van der Waals surface area contributed by atoms with Gasteiger partial charge in [0.05, 0.1) is 0 Å². The van der Waals surface area contributed by atoms with Crippen LogP contribution in [0.5, 0.6) is 0 Å². The van der Waals surface area contributed by atoms with Gasteiger partial charge in [0.15, 0.2) is 10.8 Å². The van der Waals surface area contributed by atoms with Gasteiger partial charge >= 0.3 is 0 Å². The predicted molar refractivity (Wildman–Crippen MR) is 51.6 cm³/mol. The number of aryl methyl sites for hydroxylation is 1. The van der Waals surface area contributed by atoms with Gasteiger partial charge in [0, 0.05) is 7.05 Å². The normalized spacial score (nSPS) is 11.1. The molecule has 0 aromatic carbocycles. The molecule has 0 aliphatic heterocycles. The maximum absolute atomic E-state index is 8.97. The monoisotopic (exact) mass is 213 g/mol. The summed E-state index contributed by atoms with van der Waals surface area (Å²) >= 11 is 5.82. The summed E-state index contributed by atoms with van der Waals surface area (Å²) in [4.78, 5) is 11.8. The number of aromatic nitrogens is 4. The third-order valence-electron chi connectivity index (χ3n) is 1.93. The van der Waals surface area contributed by atoms with E-state index in [2.05, 4.69) is 15.0 Å². The summed E-state index contributed by atoms with van der Waals surface area (Å²) in [6, 6.07) is 0. The van der Waals surface area contributed by atoms with Crippen LogP contribution in [0, 0.1) is 0 Å². The number of anilines is 1. The van der Waals surface area contributed by atoms with Crippen molar-refractivity contribution in [3.63, 3.8) is 0 Å². The van der Waals surface area contributed by atoms with Crippen molar-refractivity contribution >= 4 is 28.7 Å². The molecule has 0 unspecified atom stereocenters. The first-order valence-corrected chi connectivity index (χ1v) is 4.26. The fourth-order valence-corrected chi connectivity index (χ4v) is 1.44. The zero-order chi connectivity index (χ0) is 10.3. The molecule has 6 nitrogen and oxygen atoms in total. The molecule has 2 rings (SSSR count). The Balaban J connectivity index is 2.85. The number of nitrogen functional groups attached to an aromatic ring is 1. The number of nitrogens with zero attached hydrogens (tertiary/aromatic N) is 4. The number of halogens is 1. The molecule has 7 heteroatoms. The van der Waals surface area contributed by atoms with Gasteiger partial charge in [0.1, 0.15) is 17.9 Å². The maximum atomic E-state index is 8.97.